The van der Waals surface area contributed by atoms with Crippen molar-refractivity contribution >= 4 is 40.6 Å². The highest BCUT2D eigenvalue weighted by Gasteiger charge is 2.19. The molecule has 3 aromatic rings. The Kier molecular flexibility index (Phi) is 9.32. The number of unbranched alkanes of at least 4 members (excludes halogenated alkanes) is 1. The van der Waals surface area contributed by atoms with Gasteiger partial charge in [0.05, 0.1) is 25.0 Å². The summed E-state index contributed by atoms with van der Waals surface area (Å²) < 4.78 is 12.6. The predicted molar refractivity (Wildman–Crippen MR) is 148 cm³/mol. The molecule has 4 N–H and O–H groups in total. The molecule has 14 heteroatoms. The van der Waals surface area contributed by atoms with E-state index in [0.717, 1.165) is 17.8 Å². The van der Waals surface area contributed by atoms with Crippen LogP contribution in [0.5, 0.6) is 5.75 Å². The monoisotopic (exact) mass is 553 g/mol. The maximum Gasteiger partial charge on any atom is 0.407 e. The third kappa shape index (κ3) is 8.53. The van der Waals surface area contributed by atoms with Gasteiger partial charge in [0.1, 0.15) is 11.4 Å². The molecule has 214 valence electrons. The van der Waals surface area contributed by atoms with Crippen molar-refractivity contribution < 1.29 is 24.2 Å². The Balaban J connectivity index is 1.29. The van der Waals surface area contributed by atoms with Crippen LogP contribution in [0.4, 0.5) is 16.4 Å². The van der Waals surface area contributed by atoms with Crippen LogP contribution in [0.15, 0.2) is 36.7 Å². The Hall–Kier alpha value is -4.46. The molecule has 4 rings (SSSR count). The number of rotatable bonds is 13. The van der Waals surface area contributed by atoms with Gasteiger partial charge < -0.3 is 30.2 Å². The van der Waals surface area contributed by atoms with Crippen LogP contribution in [0.25, 0.3) is 16.9 Å². The Labute approximate surface area is 231 Å². The van der Waals surface area contributed by atoms with Crippen molar-refractivity contribution in [1.29, 1.82) is 0 Å². The zero-order chi connectivity index (χ0) is 28.5. The number of carboxylic acid groups (broad SMARTS) is 1. The Morgan fingerprint density at radius 2 is 1.95 bits per heavy atom. The van der Waals surface area contributed by atoms with Gasteiger partial charge in [-0.1, -0.05) is 5.21 Å². The average Bonchev–Trinajstić information content (AvgIpc) is 3.53. The summed E-state index contributed by atoms with van der Waals surface area (Å²) >= 11 is 0. The first-order chi connectivity index (χ1) is 19.2. The van der Waals surface area contributed by atoms with Crippen LogP contribution < -0.4 is 20.8 Å². The number of amides is 1. The van der Waals surface area contributed by atoms with Gasteiger partial charge in [0, 0.05) is 31.4 Å². The molecule has 2 aromatic heterocycles. The molecule has 14 nitrogen and oxygen atoms in total. The molecule has 1 aliphatic rings. The molecule has 0 radical (unpaired) electrons. The molecular weight excluding hydrogens is 518 g/mol. The predicted octanol–water partition coefficient (Wildman–Crippen LogP) is 3.13. The first-order valence-electron chi connectivity index (χ1n) is 13.1. The SMILES string of the molecule is CC(C)(C)OC(=O)NCCCN1C=C(n2nnc3cnc(Nc4ccc(OCCCCC(=O)O)cc4)nc32)CN1. The maximum atomic E-state index is 11.8. The zero-order valence-corrected chi connectivity index (χ0v) is 22.9. The van der Waals surface area contributed by atoms with E-state index in [1.165, 1.54) is 0 Å². The van der Waals surface area contributed by atoms with Gasteiger partial charge in [0.15, 0.2) is 11.2 Å². The van der Waals surface area contributed by atoms with Gasteiger partial charge >= 0.3 is 12.1 Å². The summed E-state index contributed by atoms with van der Waals surface area (Å²) in [4.78, 5) is 31.3. The van der Waals surface area contributed by atoms with Gasteiger partial charge in [0.25, 0.3) is 0 Å². The number of aliphatic carboxylic acids is 1. The molecule has 0 spiro atoms. The van der Waals surface area contributed by atoms with Crippen molar-refractivity contribution in [3.63, 3.8) is 0 Å². The Morgan fingerprint density at radius 3 is 2.70 bits per heavy atom. The van der Waals surface area contributed by atoms with Crippen LogP contribution in [0.2, 0.25) is 0 Å². The van der Waals surface area contributed by atoms with Crippen LogP contribution in [-0.2, 0) is 9.53 Å². The molecule has 1 amide bonds. The van der Waals surface area contributed by atoms with Crippen LogP contribution in [0, 0.1) is 0 Å². The quantitative estimate of drug-likeness (QED) is 0.229. The van der Waals surface area contributed by atoms with Crippen LogP contribution in [-0.4, -0.2) is 79.0 Å². The summed E-state index contributed by atoms with van der Waals surface area (Å²) in [5, 5.41) is 25.0. The number of carbonyl (C=O) groups is 2. The number of ether oxygens (including phenoxy) is 2. The second-order valence-electron chi connectivity index (χ2n) is 10.2. The lowest BCUT2D eigenvalue weighted by Crippen LogP contribution is -2.35. The molecule has 40 heavy (non-hydrogen) atoms. The van der Waals surface area contributed by atoms with E-state index in [4.69, 9.17) is 14.6 Å². The molecule has 1 aliphatic heterocycles. The fourth-order valence-electron chi connectivity index (χ4n) is 3.79. The minimum atomic E-state index is -0.796. The van der Waals surface area contributed by atoms with Crippen molar-refractivity contribution in [3.8, 4) is 5.75 Å². The number of benzene rings is 1. The molecule has 0 atom stereocenters. The van der Waals surface area contributed by atoms with Crippen molar-refractivity contribution in [2.24, 2.45) is 0 Å². The molecule has 3 heterocycles. The van der Waals surface area contributed by atoms with Crippen molar-refractivity contribution in [2.75, 3.05) is 31.6 Å². The second-order valence-corrected chi connectivity index (χ2v) is 10.2. The van der Waals surface area contributed by atoms with E-state index in [2.05, 4.69) is 36.3 Å². The van der Waals surface area contributed by atoms with E-state index >= 15 is 0 Å². The molecule has 0 fully saturated rings. The van der Waals surface area contributed by atoms with Crippen molar-refractivity contribution in [3.05, 3.63) is 36.7 Å². The number of carboxylic acids is 1. The Bertz CT molecular complexity index is 1330. The molecule has 1 aromatic carbocycles. The number of aromatic nitrogens is 5. The lowest BCUT2D eigenvalue weighted by Gasteiger charge is -2.20. The summed E-state index contributed by atoms with van der Waals surface area (Å²) in [6.45, 7) is 7.66. The number of alkyl carbamates (subject to hydrolysis) is 1. The van der Waals surface area contributed by atoms with Gasteiger partial charge in [-0.05, 0) is 64.3 Å². The largest absolute Gasteiger partial charge is 0.494 e. The minimum Gasteiger partial charge on any atom is -0.494 e. The lowest BCUT2D eigenvalue weighted by molar-refractivity contribution is -0.137. The van der Waals surface area contributed by atoms with Crippen LogP contribution in [0.1, 0.15) is 46.5 Å². The number of carbonyl (C=O) groups excluding carboxylic acids is 1. The van der Waals surface area contributed by atoms with E-state index in [1.807, 2.05) is 56.2 Å². The van der Waals surface area contributed by atoms with Crippen LogP contribution in [0.3, 0.4) is 0 Å². The number of fused-ring (bicyclic) bond motifs is 1. The Morgan fingerprint density at radius 1 is 1.15 bits per heavy atom. The fraction of sp³-hybridized carbons (Fsp3) is 0.462. The summed E-state index contributed by atoms with van der Waals surface area (Å²) in [6.07, 6.45) is 5.26. The van der Waals surface area contributed by atoms with Gasteiger partial charge in [-0.25, -0.2) is 15.2 Å². The van der Waals surface area contributed by atoms with E-state index in [0.29, 0.717) is 61.9 Å². The van der Waals surface area contributed by atoms with Gasteiger partial charge in [-0.3, -0.25) is 4.79 Å². The van der Waals surface area contributed by atoms with Gasteiger partial charge in [0.2, 0.25) is 5.95 Å². The molecule has 0 unspecified atom stereocenters. The first-order valence-corrected chi connectivity index (χ1v) is 13.1. The smallest absolute Gasteiger partial charge is 0.407 e. The number of nitrogens with one attached hydrogen (secondary N) is 3. The van der Waals surface area contributed by atoms with Gasteiger partial charge in [-0.2, -0.15) is 9.67 Å². The van der Waals surface area contributed by atoms with Crippen molar-refractivity contribution in [1.82, 2.24) is 40.7 Å². The zero-order valence-electron chi connectivity index (χ0n) is 22.9. The second kappa shape index (κ2) is 13.1. The molecule has 0 saturated carbocycles. The first kappa shape index (κ1) is 28.5. The number of nitrogens with zero attached hydrogens (tertiary/aromatic N) is 6. The lowest BCUT2D eigenvalue weighted by atomic mass is 10.2. The molecule has 0 aliphatic carbocycles. The van der Waals surface area contributed by atoms with Gasteiger partial charge in [-0.15, -0.1) is 5.10 Å². The minimum absolute atomic E-state index is 0.145. The average molecular weight is 554 g/mol. The highest BCUT2D eigenvalue weighted by atomic mass is 16.6. The molecule has 0 saturated heterocycles. The summed E-state index contributed by atoms with van der Waals surface area (Å²) in [5.41, 5.74) is 5.55. The normalized spacial score (nSPS) is 13.3. The number of hydrogen-bond donors (Lipinski definition) is 4. The van der Waals surface area contributed by atoms with E-state index in [9.17, 15) is 9.59 Å². The summed E-state index contributed by atoms with van der Waals surface area (Å²) in [5.74, 6) is 0.301. The third-order valence-corrected chi connectivity index (χ3v) is 5.64. The maximum absolute atomic E-state index is 11.8. The number of anilines is 2. The summed E-state index contributed by atoms with van der Waals surface area (Å²) in [6, 6.07) is 7.37. The van der Waals surface area contributed by atoms with Crippen molar-refractivity contribution in [2.45, 2.75) is 52.1 Å². The highest BCUT2D eigenvalue weighted by molar-refractivity contribution is 5.75. The molecular formula is C26H35N9O5. The third-order valence-electron chi connectivity index (χ3n) is 5.64. The highest BCUT2D eigenvalue weighted by Crippen LogP contribution is 2.21. The standard InChI is InChI=1S/C26H35N9O5/c1-26(2,3)40-25(38)27-12-6-13-34-17-19(15-29-34)35-23-21(32-33-35)16-28-24(31-23)30-18-8-10-20(11-9-18)39-14-5-4-7-22(36)37/h8-11,16-17,29H,4-7,12-15H2,1-3H3,(H,27,38)(H,36,37)(H,28,30,31). The van der Waals surface area contributed by atoms with E-state index in [1.54, 1.807) is 10.9 Å². The number of hydrazine groups is 1. The number of hydrogen-bond acceptors (Lipinski definition) is 11. The van der Waals surface area contributed by atoms with E-state index < -0.39 is 17.7 Å². The van der Waals surface area contributed by atoms with Crippen LogP contribution >= 0.6 is 0 Å². The fourth-order valence-corrected chi connectivity index (χ4v) is 3.79. The van der Waals surface area contributed by atoms with E-state index in [-0.39, 0.29) is 6.42 Å². The topological polar surface area (TPSA) is 169 Å². The molecule has 0 bridgehead atoms. The summed E-state index contributed by atoms with van der Waals surface area (Å²) in [7, 11) is 0.